The van der Waals surface area contributed by atoms with Crippen LogP contribution < -0.4 is 0 Å². The lowest BCUT2D eigenvalue weighted by Gasteiger charge is -2.09. The SMILES string of the molecule is C[S@](=NS(=O)(=O)c1ccccc1)c1ncc(C(F)(F)F)cc1Cl. The Labute approximate surface area is 138 Å². The van der Waals surface area contributed by atoms with Gasteiger partial charge < -0.3 is 0 Å². The van der Waals surface area contributed by atoms with Crippen molar-refractivity contribution in [3.63, 3.8) is 0 Å². The van der Waals surface area contributed by atoms with E-state index in [1.54, 1.807) is 18.2 Å². The zero-order valence-electron chi connectivity index (χ0n) is 11.6. The van der Waals surface area contributed by atoms with Crippen LogP contribution in [-0.4, -0.2) is 19.7 Å². The van der Waals surface area contributed by atoms with Gasteiger partial charge in [0.2, 0.25) is 0 Å². The van der Waals surface area contributed by atoms with Crippen molar-refractivity contribution in [3.8, 4) is 0 Å². The van der Waals surface area contributed by atoms with E-state index in [1.807, 2.05) is 0 Å². The van der Waals surface area contributed by atoms with Crippen LogP contribution in [0.5, 0.6) is 0 Å². The van der Waals surface area contributed by atoms with E-state index >= 15 is 0 Å². The second-order valence-electron chi connectivity index (χ2n) is 4.35. The summed E-state index contributed by atoms with van der Waals surface area (Å²) in [5.74, 6) is 0. The molecule has 0 saturated carbocycles. The van der Waals surface area contributed by atoms with E-state index in [2.05, 4.69) is 8.75 Å². The van der Waals surface area contributed by atoms with Crippen LogP contribution in [0.15, 0.2) is 56.3 Å². The van der Waals surface area contributed by atoms with Crippen LogP contribution in [0.2, 0.25) is 5.02 Å². The number of sulfonamides is 1. The molecule has 0 saturated heterocycles. The summed E-state index contributed by atoms with van der Waals surface area (Å²) in [4.78, 5) is 3.61. The maximum atomic E-state index is 12.6. The molecule has 124 valence electrons. The van der Waals surface area contributed by atoms with Crippen LogP contribution in [0, 0.1) is 0 Å². The number of rotatable bonds is 3. The summed E-state index contributed by atoms with van der Waals surface area (Å²) in [5, 5.41) is -0.295. The molecule has 1 heterocycles. The van der Waals surface area contributed by atoms with E-state index in [4.69, 9.17) is 11.6 Å². The first-order chi connectivity index (χ1) is 10.6. The van der Waals surface area contributed by atoms with E-state index in [-0.39, 0.29) is 14.9 Å². The van der Waals surface area contributed by atoms with E-state index in [0.29, 0.717) is 12.3 Å². The van der Waals surface area contributed by atoms with Crippen molar-refractivity contribution in [2.75, 3.05) is 6.26 Å². The quantitative estimate of drug-likeness (QED) is 0.808. The molecular weight excluding hydrogens is 373 g/mol. The average molecular weight is 383 g/mol. The predicted molar refractivity (Wildman–Crippen MR) is 81.9 cm³/mol. The number of pyridine rings is 1. The summed E-state index contributed by atoms with van der Waals surface area (Å²) in [6.07, 6.45) is -2.55. The van der Waals surface area contributed by atoms with Crippen molar-refractivity contribution >= 4 is 32.3 Å². The maximum Gasteiger partial charge on any atom is 0.417 e. The fourth-order valence-corrected chi connectivity index (χ4v) is 4.97. The van der Waals surface area contributed by atoms with Gasteiger partial charge in [-0.3, -0.25) is 0 Å². The lowest BCUT2D eigenvalue weighted by Crippen LogP contribution is -2.07. The molecule has 10 heteroatoms. The molecule has 0 aliphatic rings. The first kappa shape index (κ1) is 17.9. The number of aromatic nitrogens is 1. The van der Waals surface area contributed by atoms with Crippen molar-refractivity contribution in [2.45, 2.75) is 16.1 Å². The predicted octanol–water partition coefficient (Wildman–Crippen LogP) is 3.93. The van der Waals surface area contributed by atoms with E-state index in [0.717, 1.165) is 0 Å². The maximum absolute atomic E-state index is 12.6. The molecule has 1 aromatic heterocycles. The minimum Gasteiger partial charge on any atom is -0.247 e. The number of alkyl halides is 3. The molecule has 0 radical (unpaired) electrons. The minimum atomic E-state index is -4.57. The van der Waals surface area contributed by atoms with Gasteiger partial charge in [-0.2, -0.15) is 21.6 Å². The standard InChI is InChI=1S/C13H10ClF3N2O2S2/c1-22(19-23(20,21)10-5-3-2-4-6-10)12-11(14)7-9(8-18-12)13(15,16)17/h2-8H,1H3/t22-/m0/s1. The number of hydrogen-bond acceptors (Lipinski definition) is 3. The number of hydrogen-bond donors (Lipinski definition) is 0. The molecule has 2 aromatic rings. The van der Waals surface area contributed by atoms with Gasteiger partial charge in [0, 0.05) is 6.20 Å². The van der Waals surface area contributed by atoms with Crippen LogP contribution in [0.1, 0.15) is 5.56 Å². The van der Waals surface area contributed by atoms with Crippen molar-refractivity contribution in [1.29, 1.82) is 0 Å². The van der Waals surface area contributed by atoms with E-state index < -0.39 is 32.5 Å². The fraction of sp³-hybridized carbons (Fsp3) is 0.154. The molecule has 0 N–H and O–H groups in total. The van der Waals surface area contributed by atoms with Gasteiger partial charge in [-0.05, 0) is 35.1 Å². The van der Waals surface area contributed by atoms with Gasteiger partial charge in [0.1, 0.15) is 5.03 Å². The molecule has 0 aliphatic carbocycles. The smallest absolute Gasteiger partial charge is 0.247 e. The molecule has 0 aliphatic heterocycles. The molecule has 23 heavy (non-hydrogen) atoms. The summed E-state index contributed by atoms with van der Waals surface area (Å²) in [6.45, 7) is 0. The third-order valence-electron chi connectivity index (χ3n) is 2.67. The first-order valence-corrected chi connectivity index (χ1v) is 9.44. The van der Waals surface area contributed by atoms with Crippen molar-refractivity contribution in [1.82, 2.24) is 4.98 Å². The average Bonchev–Trinajstić information content (AvgIpc) is 2.46. The molecule has 0 spiro atoms. The van der Waals surface area contributed by atoms with Gasteiger partial charge in [-0.15, -0.1) is 3.77 Å². The Kier molecular flexibility index (Phi) is 5.12. The van der Waals surface area contributed by atoms with Crippen LogP contribution >= 0.6 is 11.6 Å². The highest BCUT2D eigenvalue weighted by molar-refractivity contribution is 7.99. The third kappa shape index (κ3) is 4.30. The molecule has 4 nitrogen and oxygen atoms in total. The van der Waals surface area contributed by atoms with E-state index in [9.17, 15) is 21.6 Å². The van der Waals surface area contributed by atoms with Crippen molar-refractivity contribution < 1.29 is 21.6 Å². The molecule has 0 amide bonds. The normalized spacial score (nSPS) is 14.0. The molecule has 0 bridgehead atoms. The Balaban J connectivity index is 2.43. The Morgan fingerprint density at radius 2 is 1.83 bits per heavy atom. The van der Waals surface area contributed by atoms with Crippen LogP contribution in [0.4, 0.5) is 13.2 Å². The molecular formula is C13H10ClF3N2O2S2. The summed E-state index contributed by atoms with van der Waals surface area (Å²) in [6, 6.07) is 8.19. The van der Waals surface area contributed by atoms with E-state index in [1.165, 1.54) is 18.4 Å². The summed E-state index contributed by atoms with van der Waals surface area (Å²) in [5.41, 5.74) is -1.01. The molecule has 2 rings (SSSR count). The summed E-state index contributed by atoms with van der Waals surface area (Å²) < 4.78 is 65.7. The monoisotopic (exact) mass is 382 g/mol. The Morgan fingerprint density at radius 1 is 1.22 bits per heavy atom. The Morgan fingerprint density at radius 3 is 2.35 bits per heavy atom. The van der Waals surface area contributed by atoms with Gasteiger partial charge in [0.05, 0.1) is 15.5 Å². The molecule has 1 atom stereocenters. The van der Waals surface area contributed by atoms with Gasteiger partial charge in [-0.25, -0.2) is 4.98 Å². The zero-order valence-corrected chi connectivity index (χ0v) is 14.0. The second kappa shape index (κ2) is 6.58. The fourth-order valence-electron chi connectivity index (χ4n) is 1.62. The second-order valence-corrected chi connectivity index (χ2v) is 8.12. The van der Waals surface area contributed by atoms with Crippen molar-refractivity contribution in [2.24, 2.45) is 3.77 Å². The third-order valence-corrected chi connectivity index (χ3v) is 6.50. The molecule has 1 aromatic carbocycles. The summed E-state index contributed by atoms with van der Waals surface area (Å²) >= 11 is 5.79. The number of halogens is 4. The first-order valence-electron chi connectivity index (χ1n) is 6.03. The number of benzene rings is 1. The van der Waals surface area contributed by atoms with Gasteiger partial charge >= 0.3 is 6.18 Å². The molecule has 0 unspecified atom stereocenters. The lowest BCUT2D eigenvalue weighted by molar-refractivity contribution is -0.137. The highest BCUT2D eigenvalue weighted by Crippen LogP contribution is 2.32. The Hall–Kier alpha value is -1.45. The Bertz CT molecular complexity index is 853. The lowest BCUT2D eigenvalue weighted by atomic mass is 10.3. The van der Waals surface area contributed by atoms with Crippen LogP contribution in [0.3, 0.4) is 0 Å². The molecule has 0 fully saturated rings. The zero-order chi connectivity index (χ0) is 17.3. The van der Waals surface area contributed by atoms with Crippen molar-refractivity contribution in [3.05, 3.63) is 53.2 Å². The van der Waals surface area contributed by atoms with Gasteiger partial charge in [0.25, 0.3) is 10.0 Å². The minimum absolute atomic E-state index is 0.0117. The number of nitrogens with zero attached hydrogens (tertiary/aromatic N) is 2. The largest absolute Gasteiger partial charge is 0.417 e. The highest BCUT2D eigenvalue weighted by atomic mass is 35.5. The van der Waals surface area contributed by atoms with Crippen LogP contribution in [-0.2, 0) is 26.9 Å². The van der Waals surface area contributed by atoms with Crippen LogP contribution in [0.25, 0.3) is 0 Å². The van der Waals surface area contributed by atoms with Gasteiger partial charge in [0.15, 0.2) is 0 Å². The van der Waals surface area contributed by atoms with Gasteiger partial charge in [-0.1, -0.05) is 29.8 Å². The summed E-state index contributed by atoms with van der Waals surface area (Å²) in [7, 11) is -5.27. The highest BCUT2D eigenvalue weighted by Gasteiger charge is 2.31. The topological polar surface area (TPSA) is 59.4 Å².